The van der Waals surface area contributed by atoms with Crippen LogP contribution in [0.4, 0.5) is 28.8 Å². The van der Waals surface area contributed by atoms with E-state index < -0.39 is 0 Å². The third kappa shape index (κ3) is 4.02. The molecule has 2 N–H and O–H groups in total. The number of hydrogen-bond acceptors (Lipinski definition) is 5. The Labute approximate surface area is 149 Å². The van der Waals surface area contributed by atoms with E-state index in [-0.39, 0.29) is 0 Å². The molecule has 0 aliphatic rings. The first-order valence-electron chi connectivity index (χ1n) is 7.51. The Balaban J connectivity index is 1.74. The van der Waals surface area contributed by atoms with Crippen molar-refractivity contribution in [2.45, 2.75) is 0 Å². The van der Waals surface area contributed by atoms with Crippen molar-refractivity contribution in [3.63, 3.8) is 0 Å². The van der Waals surface area contributed by atoms with Crippen molar-refractivity contribution in [1.29, 1.82) is 0 Å². The number of rotatable bonds is 5. The molecule has 0 saturated heterocycles. The van der Waals surface area contributed by atoms with Gasteiger partial charge in [0.1, 0.15) is 5.82 Å². The number of para-hydroxylation sites is 1. The highest BCUT2D eigenvalue weighted by atomic mass is 79.9. The minimum absolute atomic E-state index is 0.539. The first-order valence-corrected chi connectivity index (χ1v) is 8.30. The van der Waals surface area contributed by atoms with Crippen LogP contribution in [0.1, 0.15) is 0 Å². The Morgan fingerprint density at radius 1 is 0.917 bits per heavy atom. The van der Waals surface area contributed by atoms with Gasteiger partial charge in [0.15, 0.2) is 0 Å². The molecule has 5 nitrogen and oxygen atoms in total. The van der Waals surface area contributed by atoms with E-state index >= 15 is 0 Å². The smallest absolute Gasteiger partial charge is 0.229 e. The average molecular weight is 384 g/mol. The number of halogens is 1. The monoisotopic (exact) mass is 383 g/mol. The molecule has 6 heteroatoms. The molecule has 0 fully saturated rings. The predicted octanol–water partition coefficient (Wildman–Crippen LogP) is 4.79. The van der Waals surface area contributed by atoms with Gasteiger partial charge in [-0.15, -0.1) is 0 Å². The van der Waals surface area contributed by atoms with Crippen molar-refractivity contribution < 1.29 is 0 Å². The zero-order valence-corrected chi connectivity index (χ0v) is 15.1. The first-order chi connectivity index (χ1) is 11.6. The fourth-order valence-electron chi connectivity index (χ4n) is 2.16. The second-order valence-corrected chi connectivity index (χ2v) is 6.29. The minimum atomic E-state index is 0.539. The molecule has 0 unspecified atom stereocenters. The van der Waals surface area contributed by atoms with Crippen molar-refractivity contribution in [2.75, 3.05) is 29.6 Å². The van der Waals surface area contributed by atoms with Crippen LogP contribution in [0, 0.1) is 0 Å². The van der Waals surface area contributed by atoms with Crippen LogP contribution in [0.15, 0.2) is 65.3 Å². The molecule has 0 bridgehead atoms. The van der Waals surface area contributed by atoms with Gasteiger partial charge in [0, 0.05) is 36.1 Å². The van der Waals surface area contributed by atoms with E-state index in [2.05, 4.69) is 53.6 Å². The Morgan fingerprint density at radius 2 is 1.67 bits per heavy atom. The normalized spacial score (nSPS) is 10.3. The Kier molecular flexibility index (Phi) is 4.96. The summed E-state index contributed by atoms with van der Waals surface area (Å²) in [6.45, 7) is 0. The zero-order valence-electron chi connectivity index (χ0n) is 13.5. The highest BCUT2D eigenvalue weighted by Crippen LogP contribution is 2.24. The maximum absolute atomic E-state index is 4.50. The second-order valence-electron chi connectivity index (χ2n) is 5.44. The minimum Gasteiger partial charge on any atom is -0.378 e. The third-order valence-electron chi connectivity index (χ3n) is 3.43. The summed E-state index contributed by atoms with van der Waals surface area (Å²) in [5, 5.41) is 6.50. The van der Waals surface area contributed by atoms with Gasteiger partial charge in [-0.1, -0.05) is 12.1 Å². The zero-order chi connectivity index (χ0) is 16.9. The molecule has 0 aliphatic carbocycles. The van der Waals surface area contributed by atoms with E-state index in [1.165, 1.54) is 0 Å². The van der Waals surface area contributed by atoms with Crippen LogP contribution in [0.25, 0.3) is 0 Å². The molecule has 3 aromatic rings. The van der Waals surface area contributed by atoms with Gasteiger partial charge >= 0.3 is 0 Å². The maximum atomic E-state index is 4.50. The van der Waals surface area contributed by atoms with Crippen LogP contribution in [-0.2, 0) is 0 Å². The lowest BCUT2D eigenvalue weighted by Crippen LogP contribution is -2.08. The van der Waals surface area contributed by atoms with Crippen LogP contribution in [0.3, 0.4) is 0 Å². The maximum Gasteiger partial charge on any atom is 0.229 e. The van der Waals surface area contributed by atoms with Crippen molar-refractivity contribution >= 4 is 44.8 Å². The van der Waals surface area contributed by atoms with Gasteiger partial charge in [-0.05, 0) is 58.4 Å². The van der Waals surface area contributed by atoms with Gasteiger partial charge in [0.2, 0.25) is 5.95 Å². The molecule has 0 spiro atoms. The molecule has 0 aliphatic heterocycles. The van der Waals surface area contributed by atoms with Crippen LogP contribution in [-0.4, -0.2) is 24.1 Å². The molecule has 24 heavy (non-hydrogen) atoms. The molecule has 0 saturated carbocycles. The van der Waals surface area contributed by atoms with Gasteiger partial charge in [-0.2, -0.15) is 4.98 Å². The summed E-state index contributed by atoms with van der Waals surface area (Å²) in [5.41, 5.74) is 3.05. The molecule has 2 aromatic carbocycles. The molecular weight excluding hydrogens is 366 g/mol. The Hall–Kier alpha value is -2.60. The SMILES string of the molecule is CN(C)c1ccc(Nc2ccnc(Nc3ccccc3Br)n2)cc1. The van der Waals surface area contributed by atoms with E-state index in [1.807, 2.05) is 56.6 Å². The number of benzene rings is 2. The summed E-state index contributed by atoms with van der Waals surface area (Å²) in [4.78, 5) is 10.8. The summed E-state index contributed by atoms with van der Waals surface area (Å²) in [5.74, 6) is 1.27. The molecule has 122 valence electrons. The van der Waals surface area contributed by atoms with Gasteiger partial charge in [0.25, 0.3) is 0 Å². The first kappa shape index (κ1) is 16.3. The number of hydrogen-bond donors (Lipinski definition) is 2. The molecule has 0 radical (unpaired) electrons. The van der Waals surface area contributed by atoms with Gasteiger partial charge in [-0.25, -0.2) is 4.98 Å². The number of nitrogens with zero attached hydrogens (tertiary/aromatic N) is 3. The number of nitrogens with one attached hydrogen (secondary N) is 2. The molecule has 0 amide bonds. The Morgan fingerprint density at radius 3 is 2.38 bits per heavy atom. The molecule has 1 aromatic heterocycles. The molecule has 3 rings (SSSR count). The highest BCUT2D eigenvalue weighted by Gasteiger charge is 2.03. The third-order valence-corrected chi connectivity index (χ3v) is 4.12. The van der Waals surface area contributed by atoms with Crippen molar-refractivity contribution in [2.24, 2.45) is 0 Å². The summed E-state index contributed by atoms with van der Waals surface area (Å²) in [6.07, 6.45) is 1.72. The van der Waals surface area contributed by atoms with Gasteiger partial charge < -0.3 is 15.5 Å². The molecular formula is C18H18BrN5. The summed E-state index contributed by atoms with van der Waals surface area (Å²) < 4.78 is 0.964. The van der Waals surface area contributed by atoms with Crippen LogP contribution in [0.5, 0.6) is 0 Å². The Bertz CT molecular complexity index is 818. The quantitative estimate of drug-likeness (QED) is 0.662. The van der Waals surface area contributed by atoms with Crippen molar-refractivity contribution in [3.05, 3.63) is 65.3 Å². The number of anilines is 5. The van der Waals surface area contributed by atoms with Gasteiger partial charge in [0.05, 0.1) is 5.69 Å². The summed E-state index contributed by atoms with van der Waals surface area (Å²) in [6, 6.07) is 17.9. The molecule has 0 atom stereocenters. The fraction of sp³-hybridized carbons (Fsp3) is 0.111. The number of aromatic nitrogens is 2. The van der Waals surface area contributed by atoms with Gasteiger partial charge in [-0.3, -0.25) is 0 Å². The van der Waals surface area contributed by atoms with Crippen LogP contribution < -0.4 is 15.5 Å². The van der Waals surface area contributed by atoms with E-state index in [9.17, 15) is 0 Å². The van der Waals surface area contributed by atoms with E-state index in [4.69, 9.17) is 0 Å². The fourth-order valence-corrected chi connectivity index (χ4v) is 2.55. The summed E-state index contributed by atoms with van der Waals surface area (Å²) >= 11 is 3.51. The second kappa shape index (κ2) is 7.31. The molecule has 1 heterocycles. The van der Waals surface area contributed by atoms with E-state index in [0.717, 1.165) is 27.4 Å². The lowest BCUT2D eigenvalue weighted by atomic mass is 10.2. The largest absolute Gasteiger partial charge is 0.378 e. The van der Waals surface area contributed by atoms with E-state index in [1.54, 1.807) is 6.20 Å². The van der Waals surface area contributed by atoms with E-state index in [0.29, 0.717) is 5.95 Å². The summed E-state index contributed by atoms with van der Waals surface area (Å²) in [7, 11) is 4.04. The predicted molar refractivity (Wildman–Crippen MR) is 104 cm³/mol. The topological polar surface area (TPSA) is 53.1 Å². The van der Waals surface area contributed by atoms with Crippen molar-refractivity contribution in [3.8, 4) is 0 Å². The van der Waals surface area contributed by atoms with Crippen LogP contribution in [0.2, 0.25) is 0 Å². The average Bonchev–Trinajstić information content (AvgIpc) is 2.58. The van der Waals surface area contributed by atoms with Crippen molar-refractivity contribution in [1.82, 2.24) is 9.97 Å². The van der Waals surface area contributed by atoms with Crippen LogP contribution >= 0.6 is 15.9 Å². The lowest BCUT2D eigenvalue weighted by molar-refractivity contribution is 1.13. The highest BCUT2D eigenvalue weighted by molar-refractivity contribution is 9.10. The lowest BCUT2D eigenvalue weighted by Gasteiger charge is -2.13. The standard InChI is InChI=1S/C18H18BrN5/c1-24(2)14-9-7-13(8-10-14)21-17-11-12-20-18(23-17)22-16-6-4-3-5-15(16)19/h3-12H,1-2H3,(H2,20,21,22,23).